The zero-order valence-electron chi connectivity index (χ0n) is 13.4. The Morgan fingerprint density at radius 1 is 1.43 bits per heavy atom. The maximum Gasteiger partial charge on any atom is 0.293 e. The van der Waals surface area contributed by atoms with Crippen LogP contribution in [-0.2, 0) is 9.53 Å². The van der Waals surface area contributed by atoms with Crippen LogP contribution in [0.2, 0.25) is 0 Å². The minimum absolute atomic E-state index is 0.0529. The highest BCUT2D eigenvalue weighted by atomic mass is 19.1. The molecule has 23 heavy (non-hydrogen) atoms. The minimum atomic E-state index is -0.572. The minimum Gasteiger partial charge on any atom is -0.486 e. The molecule has 0 aromatic heterocycles. The number of non-ortho nitro benzene ring substituents is 1. The van der Waals surface area contributed by atoms with Gasteiger partial charge in [-0.3, -0.25) is 14.9 Å². The van der Waals surface area contributed by atoms with E-state index in [2.05, 4.69) is 10.1 Å². The molecule has 7 nitrogen and oxygen atoms in total. The van der Waals surface area contributed by atoms with Crippen molar-refractivity contribution in [3.05, 3.63) is 34.1 Å². The predicted molar refractivity (Wildman–Crippen MR) is 81.9 cm³/mol. The smallest absolute Gasteiger partial charge is 0.293 e. The van der Waals surface area contributed by atoms with Gasteiger partial charge < -0.3 is 14.8 Å². The van der Waals surface area contributed by atoms with E-state index in [9.17, 15) is 19.3 Å². The summed E-state index contributed by atoms with van der Waals surface area (Å²) in [5, 5.41) is 13.6. The molecule has 1 fully saturated rings. The summed E-state index contributed by atoms with van der Waals surface area (Å²) in [5.41, 5.74) is -0.482. The number of rotatable bonds is 4. The third-order valence-electron chi connectivity index (χ3n) is 2.84. The Morgan fingerprint density at radius 3 is 2.57 bits per heavy atom. The summed E-state index contributed by atoms with van der Waals surface area (Å²) in [6.45, 7) is 7.38. The van der Waals surface area contributed by atoms with E-state index < -0.39 is 10.7 Å². The zero-order chi connectivity index (χ0) is 17.5. The third kappa shape index (κ3) is 7.05. The maximum atomic E-state index is 13.3. The maximum absolute atomic E-state index is 13.3. The lowest BCUT2D eigenvalue weighted by Crippen LogP contribution is -2.20. The van der Waals surface area contributed by atoms with E-state index >= 15 is 0 Å². The molecule has 1 N–H and O–H groups in total. The van der Waals surface area contributed by atoms with Crippen molar-refractivity contribution < 1.29 is 23.6 Å². The Balaban J connectivity index is 0.000000322. The standard InChI is InChI=1S/C10H11FN2O3.C5H10O2/c11-9-2-1-7(13(14)15)5-10(9)16-8-3-4-12-6-8;1-5(2,3)7-4-6/h1-2,5,8,12H,3-4,6H2;4H,1-3H3/t8-;/m0./s1. The van der Waals surface area contributed by atoms with E-state index in [-0.39, 0.29) is 23.1 Å². The van der Waals surface area contributed by atoms with Crippen molar-refractivity contribution in [2.45, 2.75) is 38.9 Å². The van der Waals surface area contributed by atoms with Crippen molar-refractivity contribution in [3.63, 3.8) is 0 Å². The summed E-state index contributed by atoms with van der Waals surface area (Å²) in [5.74, 6) is -0.625. The molecule has 1 atom stereocenters. The van der Waals surface area contributed by atoms with Crippen LogP contribution in [-0.4, -0.2) is 36.2 Å². The second-order valence-electron chi connectivity index (χ2n) is 5.93. The van der Waals surface area contributed by atoms with Crippen molar-refractivity contribution in [1.82, 2.24) is 5.32 Å². The molecule has 0 aliphatic carbocycles. The SMILES string of the molecule is CC(C)(C)OC=O.O=[N+]([O-])c1ccc(F)c(O[C@H]2CCNC2)c1. The fourth-order valence-electron chi connectivity index (χ4n) is 1.75. The Kier molecular flexibility index (Phi) is 6.89. The second kappa shape index (κ2) is 8.42. The molecule has 1 aromatic carbocycles. The van der Waals surface area contributed by atoms with Gasteiger partial charge in [0, 0.05) is 12.6 Å². The predicted octanol–water partition coefficient (Wildman–Crippen LogP) is 2.43. The van der Waals surface area contributed by atoms with Crippen LogP contribution in [0.15, 0.2) is 18.2 Å². The molecular weight excluding hydrogens is 307 g/mol. The lowest BCUT2D eigenvalue weighted by atomic mass is 10.2. The number of hydrogen-bond donors (Lipinski definition) is 1. The van der Waals surface area contributed by atoms with Gasteiger partial charge in [0.1, 0.15) is 11.7 Å². The van der Waals surface area contributed by atoms with Crippen molar-refractivity contribution in [3.8, 4) is 5.75 Å². The number of nitro groups is 1. The van der Waals surface area contributed by atoms with Crippen LogP contribution in [0, 0.1) is 15.9 Å². The Bertz CT molecular complexity index is 539. The Morgan fingerprint density at radius 2 is 2.13 bits per heavy atom. The molecule has 1 aromatic rings. The molecule has 1 aliphatic rings. The molecule has 1 heterocycles. The molecule has 1 aliphatic heterocycles. The third-order valence-corrected chi connectivity index (χ3v) is 2.84. The molecule has 0 radical (unpaired) electrons. The van der Waals surface area contributed by atoms with Gasteiger partial charge in [-0.15, -0.1) is 0 Å². The number of nitrogens with one attached hydrogen (secondary N) is 1. The van der Waals surface area contributed by atoms with E-state index in [1.54, 1.807) is 0 Å². The lowest BCUT2D eigenvalue weighted by molar-refractivity contribution is -0.385. The fourth-order valence-corrected chi connectivity index (χ4v) is 1.75. The van der Waals surface area contributed by atoms with Crippen LogP contribution < -0.4 is 10.1 Å². The summed E-state index contributed by atoms with van der Waals surface area (Å²) in [6.07, 6.45) is 0.666. The van der Waals surface area contributed by atoms with Crippen LogP contribution in [0.25, 0.3) is 0 Å². The molecule has 0 bridgehead atoms. The summed E-state index contributed by atoms with van der Waals surface area (Å²) in [4.78, 5) is 19.5. The highest BCUT2D eigenvalue weighted by Gasteiger charge is 2.19. The number of halogens is 1. The van der Waals surface area contributed by atoms with E-state index in [1.165, 1.54) is 0 Å². The van der Waals surface area contributed by atoms with Crippen LogP contribution in [0.1, 0.15) is 27.2 Å². The van der Waals surface area contributed by atoms with Crippen molar-refractivity contribution >= 4 is 12.2 Å². The average molecular weight is 328 g/mol. The van der Waals surface area contributed by atoms with Gasteiger partial charge in [0.15, 0.2) is 11.6 Å². The summed E-state index contributed by atoms with van der Waals surface area (Å²) in [7, 11) is 0. The zero-order valence-corrected chi connectivity index (χ0v) is 13.4. The van der Waals surface area contributed by atoms with Gasteiger partial charge in [0.2, 0.25) is 0 Å². The number of carbonyl (C=O) groups excluding carboxylic acids is 1. The van der Waals surface area contributed by atoms with Crippen molar-refractivity contribution in [2.75, 3.05) is 13.1 Å². The van der Waals surface area contributed by atoms with Crippen molar-refractivity contribution in [1.29, 1.82) is 0 Å². The summed E-state index contributed by atoms with van der Waals surface area (Å²) < 4.78 is 23.2. The van der Waals surface area contributed by atoms with Crippen LogP contribution in [0.4, 0.5) is 10.1 Å². The van der Waals surface area contributed by atoms with E-state index in [4.69, 9.17) is 4.74 Å². The average Bonchev–Trinajstić information content (AvgIpc) is 2.93. The van der Waals surface area contributed by atoms with Gasteiger partial charge in [0.25, 0.3) is 12.2 Å². The Labute approximate surface area is 133 Å². The highest BCUT2D eigenvalue weighted by molar-refractivity contribution is 5.39. The van der Waals surface area contributed by atoms with Gasteiger partial charge >= 0.3 is 0 Å². The van der Waals surface area contributed by atoms with Crippen molar-refractivity contribution in [2.24, 2.45) is 0 Å². The first kappa shape index (κ1) is 18.8. The van der Waals surface area contributed by atoms with Gasteiger partial charge in [-0.2, -0.15) is 0 Å². The molecule has 8 heteroatoms. The second-order valence-corrected chi connectivity index (χ2v) is 5.93. The summed E-state index contributed by atoms with van der Waals surface area (Å²) in [6, 6.07) is 3.29. The van der Waals surface area contributed by atoms with Crippen LogP contribution >= 0.6 is 0 Å². The summed E-state index contributed by atoms with van der Waals surface area (Å²) >= 11 is 0. The number of nitro benzene ring substituents is 1. The van der Waals surface area contributed by atoms with Gasteiger partial charge in [-0.1, -0.05) is 0 Å². The molecule has 0 saturated carbocycles. The van der Waals surface area contributed by atoms with E-state index in [0.29, 0.717) is 13.0 Å². The van der Waals surface area contributed by atoms with Gasteiger partial charge in [-0.05, 0) is 39.8 Å². The largest absolute Gasteiger partial charge is 0.486 e. The van der Waals surface area contributed by atoms with Crippen LogP contribution in [0.5, 0.6) is 5.75 Å². The quantitative estimate of drug-likeness (QED) is 0.518. The van der Waals surface area contributed by atoms with Gasteiger partial charge in [-0.25, -0.2) is 4.39 Å². The monoisotopic (exact) mass is 328 g/mol. The molecule has 2 rings (SSSR count). The van der Waals surface area contributed by atoms with Crippen LogP contribution in [0.3, 0.4) is 0 Å². The lowest BCUT2D eigenvalue weighted by Gasteiger charge is -2.14. The number of hydrogen-bond acceptors (Lipinski definition) is 6. The highest BCUT2D eigenvalue weighted by Crippen LogP contribution is 2.25. The molecular formula is C15H21FN2O5. The first-order valence-electron chi connectivity index (χ1n) is 7.15. The first-order valence-corrected chi connectivity index (χ1v) is 7.15. The van der Waals surface area contributed by atoms with Gasteiger partial charge in [0.05, 0.1) is 11.0 Å². The first-order chi connectivity index (χ1) is 10.7. The van der Waals surface area contributed by atoms with E-state index in [0.717, 1.165) is 31.2 Å². The normalized spacial score (nSPS) is 17.0. The molecule has 0 spiro atoms. The van der Waals surface area contributed by atoms with E-state index in [1.807, 2.05) is 20.8 Å². The number of benzene rings is 1. The molecule has 128 valence electrons. The topological polar surface area (TPSA) is 90.7 Å². The number of nitrogens with zero attached hydrogens (tertiary/aromatic N) is 1. The Hall–Kier alpha value is -2.22. The molecule has 0 unspecified atom stereocenters. The number of ether oxygens (including phenoxy) is 2. The molecule has 1 saturated heterocycles. The number of carbonyl (C=O) groups is 1. The molecule has 0 amide bonds. The fraction of sp³-hybridized carbons (Fsp3) is 0.533.